The summed E-state index contributed by atoms with van der Waals surface area (Å²) < 4.78 is 67.4. The molecule has 17 heteroatoms. The standard InChI is InChI=1S/C19H22F3N7O4S3/c1-10(25-15-14-13(23-9-24-15)12(8-34-14)19(20,21)22)7-28-3-5-29(6-4-28)36(32,33)16-11(2)26-17(35-16)27-18(30)31/h8-10H,3-7H2,1-2H3,(H,26,27)(H,30,31)(H,23,24,25). The molecular formula is C19H22F3N7O4S3. The van der Waals surface area contributed by atoms with E-state index in [1.165, 1.54) is 11.2 Å². The Kier molecular flexibility index (Phi) is 7.38. The molecule has 4 heterocycles. The summed E-state index contributed by atoms with van der Waals surface area (Å²) in [4.78, 5) is 24.8. The minimum atomic E-state index is -4.50. The van der Waals surface area contributed by atoms with Crippen LogP contribution in [0.4, 0.5) is 28.9 Å². The van der Waals surface area contributed by atoms with E-state index in [0.29, 0.717) is 30.2 Å². The van der Waals surface area contributed by atoms with Crippen molar-refractivity contribution in [3.05, 3.63) is 23.0 Å². The lowest BCUT2D eigenvalue weighted by molar-refractivity contribution is -0.136. The number of rotatable bonds is 7. The maximum Gasteiger partial charge on any atom is 0.419 e. The van der Waals surface area contributed by atoms with Crippen LogP contribution in [0.1, 0.15) is 18.2 Å². The molecule has 0 spiro atoms. The first-order valence-corrected chi connectivity index (χ1v) is 13.8. The number of carbonyl (C=O) groups is 1. The minimum absolute atomic E-state index is 0.00307. The van der Waals surface area contributed by atoms with E-state index in [9.17, 15) is 26.4 Å². The molecule has 1 aliphatic heterocycles. The Morgan fingerprint density at radius 3 is 2.58 bits per heavy atom. The van der Waals surface area contributed by atoms with Gasteiger partial charge in [0.25, 0.3) is 10.0 Å². The summed E-state index contributed by atoms with van der Waals surface area (Å²) in [6, 6.07) is -0.184. The highest BCUT2D eigenvalue weighted by atomic mass is 32.2. The maximum atomic E-state index is 13.2. The number of carboxylic acid groups (broad SMARTS) is 1. The van der Waals surface area contributed by atoms with Crippen molar-refractivity contribution in [3.63, 3.8) is 0 Å². The number of alkyl halides is 3. The van der Waals surface area contributed by atoms with Crippen LogP contribution in [0.5, 0.6) is 0 Å². The number of nitrogens with zero attached hydrogens (tertiary/aromatic N) is 5. The quantitative estimate of drug-likeness (QED) is 0.393. The highest BCUT2D eigenvalue weighted by molar-refractivity contribution is 7.91. The number of piperazine rings is 1. The third kappa shape index (κ3) is 5.54. The molecule has 3 aromatic rings. The van der Waals surface area contributed by atoms with E-state index < -0.39 is 27.9 Å². The topological polar surface area (TPSA) is 141 Å². The molecule has 0 aliphatic carbocycles. The molecule has 196 valence electrons. The van der Waals surface area contributed by atoms with E-state index in [4.69, 9.17) is 5.11 Å². The predicted octanol–water partition coefficient (Wildman–Crippen LogP) is 3.37. The van der Waals surface area contributed by atoms with Gasteiger partial charge in [0, 0.05) is 44.1 Å². The molecule has 0 aromatic carbocycles. The zero-order valence-corrected chi connectivity index (χ0v) is 21.5. The number of aromatic nitrogens is 3. The first-order valence-electron chi connectivity index (χ1n) is 10.6. The van der Waals surface area contributed by atoms with Gasteiger partial charge in [-0.25, -0.2) is 28.2 Å². The van der Waals surface area contributed by atoms with Gasteiger partial charge in [-0.1, -0.05) is 11.3 Å². The normalized spacial score (nSPS) is 16.8. The van der Waals surface area contributed by atoms with E-state index in [0.717, 1.165) is 34.4 Å². The Morgan fingerprint density at radius 2 is 1.94 bits per heavy atom. The van der Waals surface area contributed by atoms with Gasteiger partial charge in [-0.15, -0.1) is 11.3 Å². The molecule has 3 aromatic heterocycles. The maximum absolute atomic E-state index is 13.2. The molecule has 1 atom stereocenters. The molecule has 0 bridgehead atoms. The van der Waals surface area contributed by atoms with Crippen molar-refractivity contribution >= 4 is 60.0 Å². The second-order valence-electron chi connectivity index (χ2n) is 8.12. The van der Waals surface area contributed by atoms with Crippen LogP contribution in [-0.2, 0) is 16.2 Å². The van der Waals surface area contributed by atoms with Gasteiger partial charge in [0.05, 0.1) is 21.5 Å². The van der Waals surface area contributed by atoms with Crippen molar-refractivity contribution in [1.82, 2.24) is 24.2 Å². The van der Waals surface area contributed by atoms with Crippen molar-refractivity contribution in [2.45, 2.75) is 30.3 Å². The highest BCUT2D eigenvalue weighted by Gasteiger charge is 2.35. The molecule has 0 radical (unpaired) electrons. The van der Waals surface area contributed by atoms with Gasteiger partial charge in [0.1, 0.15) is 12.1 Å². The molecule has 36 heavy (non-hydrogen) atoms. The van der Waals surface area contributed by atoms with Crippen molar-refractivity contribution in [2.75, 3.05) is 43.4 Å². The minimum Gasteiger partial charge on any atom is -0.465 e. The number of thiazole rings is 1. The third-order valence-electron chi connectivity index (χ3n) is 5.45. The van der Waals surface area contributed by atoms with E-state index in [1.807, 2.05) is 6.92 Å². The zero-order chi connectivity index (χ0) is 26.3. The average molecular weight is 566 g/mol. The molecule has 1 saturated heterocycles. The molecule has 3 N–H and O–H groups in total. The Balaban J connectivity index is 1.37. The van der Waals surface area contributed by atoms with E-state index in [2.05, 4.69) is 30.5 Å². The van der Waals surface area contributed by atoms with Gasteiger partial charge < -0.3 is 10.4 Å². The molecule has 1 amide bonds. The summed E-state index contributed by atoms with van der Waals surface area (Å²) in [5, 5.41) is 15.1. The van der Waals surface area contributed by atoms with Crippen molar-refractivity contribution in [2.24, 2.45) is 0 Å². The van der Waals surface area contributed by atoms with Crippen LogP contribution in [0.2, 0.25) is 0 Å². The van der Waals surface area contributed by atoms with E-state index in [1.54, 1.807) is 0 Å². The predicted molar refractivity (Wildman–Crippen MR) is 129 cm³/mol. The number of thiophene rings is 1. The Labute approximate surface area is 212 Å². The fourth-order valence-corrected chi connectivity index (χ4v) is 7.80. The fraction of sp³-hybridized carbons (Fsp3) is 0.474. The molecule has 1 aliphatic rings. The summed E-state index contributed by atoms with van der Waals surface area (Å²) in [6.07, 6.45) is -4.73. The zero-order valence-electron chi connectivity index (χ0n) is 19.0. The van der Waals surface area contributed by atoms with Crippen LogP contribution < -0.4 is 10.6 Å². The largest absolute Gasteiger partial charge is 0.465 e. The number of hydrogen-bond donors (Lipinski definition) is 3. The molecule has 11 nitrogen and oxygen atoms in total. The summed E-state index contributed by atoms with van der Waals surface area (Å²) in [5.41, 5.74) is -0.710. The SMILES string of the molecule is Cc1nc(NC(=O)O)sc1S(=O)(=O)N1CCN(CC(C)Nc2ncnc3c(C(F)(F)F)csc23)CC1. The first-order chi connectivity index (χ1) is 16.9. The Morgan fingerprint density at radius 1 is 1.25 bits per heavy atom. The van der Waals surface area contributed by atoms with Gasteiger partial charge in [0.15, 0.2) is 9.34 Å². The van der Waals surface area contributed by atoms with Gasteiger partial charge in [-0.05, 0) is 13.8 Å². The monoisotopic (exact) mass is 565 g/mol. The lowest BCUT2D eigenvalue weighted by Crippen LogP contribution is -2.50. The second-order valence-corrected chi connectivity index (χ2v) is 12.1. The Hall–Kier alpha value is -2.60. The van der Waals surface area contributed by atoms with Gasteiger partial charge in [-0.3, -0.25) is 10.2 Å². The van der Waals surface area contributed by atoms with Crippen molar-refractivity contribution < 1.29 is 31.5 Å². The fourth-order valence-electron chi connectivity index (χ4n) is 3.86. The second kappa shape index (κ2) is 10.0. The summed E-state index contributed by atoms with van der Waals surface area (Å²) >= 11 is 1.69. The molecule has 1 fully saturated rings. The summed E-state index contributed by atoms with van der Waals surface area (Å²) in [7, 11) is -3.84. The number of nitrogens with one attached hydrogen (secondary N) is 2. The van der Waals surface area contributed by atoms with Crippen LogP contribution in [-0.4, -0.2) is 82.5 Å². The van der Waals surface area contributed by atoms with Crippen LogP contribution in [0.15, 0.2) is 15.9 Å². The number of anilines is 2. The van der Waals surface area contributed by atoms with Crippen LogP contribution in [0, 0.1) is 6.92 Å². The molecule has 1 unspecified atom stereocenters. The van der Waals surface area contributed by atoms with E-state index in [-0.39, 0.29) is 39.7 Å². The highest BCUT2D eigenvalue weighted by Crippen LogP contribution is 2.39. The third-order valence-corrected chi connectivity index (χ3v) is 9.98. The summed E-state index contributed by atoms with van der Waals surface area (Å²) in [6.45, 7) is 5.24. The number of aryl methyl sites for hydroxylation is 1. The Bertz CT molecular complexity index is 1370. The summed E-state index contributed by atoms with van der Waals surface area (Å²) in [5.74, 6) is 0.320. The van der Waals surface area contributed by atoms with Crippen LogP contribution >= 0.6 is 22.7 Å². The number of hydrogen-bond acceptors (Lipinski definition) is 10. The number of halogens is 3. The average Bonchev–Trinajstić information content (AvgIpc) is 3.38. The number of fused-ring (bicyclic) bond motifs is 1. The molecule has 4 rings (SSSR count). The lowest BCUT2D eigenvalue weighted by atomic mass is 10.2. The number of amides is 1. The first kappa shape index (κ1) is 26.5. The van der Waals surface area contributed by atoms with Gasteiger partial charge in [0.2, 0.25) is 0 Å². The van der Waals surface area contributed by atoms with Gasteiger partial charge >= 0.3 is 12.3 Å². The van der Waals surface area contributed by atoms with Crippen molar-refractivity contribution in [1.29, 1.82) is 0 Å². The smallest absolute Gasteiger partial charge is 0.419 e. The molecule has 0 saturated carbocycles. The number of sulfonamides is 1. The van der Waals surface area contributed by atoms with E-state index >= 15 is 0 Å². The lowest BCUT2D eigenvalue weighted by Gasteiger charge is -2.35. The van der Waals surface area contributed by atoms with Crippen LogP contribution in [0.3, 0.4) is 0 Å². The molecular weight excluding hydrogens is 543 g/mol. The van der Waals surface area contributed by atoms with Crippen LogP contribution in [0.25, 0.3) is 10.2 Å². The van der Waals surface area contributed by atoms with Gasteiger partial charge in [-0.2, -0.15) is 17.5 Å². The van der Waals surface area contributed by atoms with Crippen molar-refractivity contribution in [3.8, 4) is 0 Å².